The number of anilines is 1. The van der Waals surface area contributed by atoms with Gasteiger partial charge in [-0.2, -0.15) is 4.98 Å². The summed E-state index contributed by atoms with van der Waals surface area (Å²) in [6.45, 7) is 4.96. The van der Waals surface area contributed by atoms with Crippen molar-refractivity contribution in [3.8, 4) is 5.75 Å². The number of unbranched alkanes of at least 4 members (excludes halogenated alkanes) is 3. The molecule has 0 amide bonds. The van der Waals surface area contributed by atoms with E-state index in [1.807, 2.05) is 31.2 Å². The molecule has 2 heterocycles. The van der Waals surface area contributed by atoms with Crippen LogP contribution in [0.3, 0.4) is 0 Å². The van der Waals surface area contributed by atoms with Crippen LogP contribution in [0.2, 0.25) is 0 Å². The van der Waals surface area contributed by atoms with Crippen LogP contribution >= 0.6 is 0 Å². The van der Waals surface area contributed by atoms with Crippen LogP contribution in [0.15, 0.2) is 33.9 Å². The predicted octanol–water partition coefficient (Wildman–Crippen LogP) is 2.16. The van der Waals surface area contributed by atoms with Gasteiger partial charge in [0.2, 0.25) is 5.95 Å². The third kappa shape index (κ3) is 5.55. The van der Waals surface area contributed by atoms with Gasteiger partial charge in [0.05, 0.1) is 6.54 Å². The van der Waals surface area contributed by atoms with Gasteiger partial charge >= 0.3 is 5.69 Å². The molecular weight excluding hydrogens is 398 g/mol. The molecular formula is C22H31N5O4. The highest BCUT2D eigenvalue weighted by Gasteiger charge is 2.19. The lowest BCUT2D eigenvalue weighted by atomic mass is 10.2. The molecule has 9 nitrogen and oxygen atoms in total. The molecule has 0 saturated carbocycles. The zero-order chi connectivity index (χ0) is 22.4. The Balaban J connectivity index is 1.82. The number of aromatic nitrogens is 4. The number of aryl methyl sites for hydroxylation is 2. The SMILES string of the molecule is CCCCCCNc1nc2c(c(=O)[nH]c(=O)n2C)n1C[C@H](O)COc1cccc(C)c1. The summed E-state index contributed by atoms with van der Waals surface area (Å²) in [5.74, 6) is 1.12. The van der Waals surface area contributed by atoms with Crippen LogP contribution in [-0.2, 0) is 13.6 Å². The molecule has 0 fully saturated rings. The molecule has 3 aromatic rings. The van der Waals surface area contributed by atoms with E-state index in [2.05, 4.69) is 22.2 Å². The standard InChI is InChI=1S/C22H31N5O4/c1-4-5-6-7-11-23-21-24-19-18(20(29)25-22(30)26(19)3)27(21)13-16(28)14-31-17-10-8-9-15(2)12-17/h8-10,12,16,28H,4-7,11,13-14H2,1-3H3,(H,23,24)(H,25,29,30)/t16-/m0/s1. The van der Waals surface area contributed by atoms with Crippen LogP contribution in [0.5, 0.6) is 5.75 Å². The molecule has 31 heavy (non-hydrogen) atoms. The minimum absolute atomic E-state index is 0.0583. The molecule has 0 aliphatic heterocycles. The second kappa shape index (κ2) is 10.3. The number of imidazole rings is 1. The van der Waals surface area contributed by atoms with Crippen molar-refractivity contribution in [2.75, 3.05) is 18.5 Å². The van der Waals surface area contributed by atoms with E-state index in [1.165, 1.54) is 4.57 Å². The number of fused-ring (bicyclic) bond motifs is 1. The topological polar surface area (TPSA) is 114 Å². The fourth-order valence-corrected chi connectivity index (χ4v) is 3.46. The first-order valence-corrected chi connectivity index (χ1v) is 10.7. The lowest BCUT2D eigenvalue weighted by Crippen LogP contribution is -2.31. The Morgan fingerprint density at radius 3 is 2.81 bits per heavy atom. The van der Waals surface area contributed by atoms with Crippen LogP contribution in [0.4, 0.5) is 5.95 Å². The maximum atomic E-state index is 12.5. The maximum absolute atomic E-state index is 12.5. The molecule has 0 aliphatic carbocycles. The minimum atomic E-state index is -0.879. The van der Waals surface area contributed by atoms with Gasteiger partial charge in [-0.15, -0.1) is 0 Å². The molecule has 0 radical (unpaired) electrons. The number of aliphatic hydroxyl groups excluding tert-OH is 1. The van der Waals surface area contributed by atoms with Gasteiger partial charge in [0, 0.05) is 13.6 Å². The summed E-state index contributed by atoms with van der Waals surface area (Å²) in [5, 5.41) is 13.9. The molecule has 0 aliphatic rings. The summed E-state index contributed by atoms with van der Waals surface area (Å²) in [4.78, 5) is 31.3. The minimum Gasteiger partial charge on any atom is -0.491 e. The first-order valence-electron chi connectivity index (χ1n) is 10.7. The van der Waals surface area contributed by atoms with Crippen molar-refractivity contribution in [3.05, 3.63) is 50.7 Å². The van der Waals surface area contributed by atoms with Crippen molar-refractivity contribution in [2.45, 2.75) is 52.2 Å². The van der Waals surface area contributed by atoms with Crippen molar-refractivity contribution in [1.82, 2.24) is 19.1 Å². The van der Waals surface area contributed by atoms with Crippen molar-refractivity contribution in [1.29, 1.82) is 0 Å². The van der Waals surface area contributed by atoms with E-state index in [1.54, 1.807) is 11.6 Å². The van der Waals surface area contributed by atoms with E-state index in [0.29, 0.717) is 18.2 Å². The van der Waals surface area contributed by atoms with Crippen molar-refractivity contribution < 1.29 is 9.84 Å². The number of rotatable bonds is 11. The van der Waals surface area contributed by atoms with E-state index in [-0.39, 0.29) is 24.3 Å². The van der Waals surface area contributed by atoms with Crippen LogP contribution in [0.25, 0.3) is 11.2 Å². The van der Waals surface area contributed by atoms with Gasteiger partial charge in [0.1, 0.15) is 18.5 Å². The van der Waals surface area contributed by atoms with Crippen LogP contribution in [0, 0.1) is 6.92 Å². The Labute approximate surface area is 180 Å². The van der Waals surface area contributed by atoms with E-state index < -0.39 is 17.4 Å². The summed E-state index contributed by atoms with van der Waals surface area (Å²) in [7, 11) is 1.56. The molecule has 0 unspecified atom stereocenters. The van der Waals surface area contributed by atoms with Crippen LogP contribution < -0.4 is 21.3 Å². The van der Waals surface area contributed by atoms with E-state index in [0.717, 1.165) is 31.2 Å². The molecule has 3 N–H and O–H groups in total. The molecule has 168 valence electrons. The Morgan fingerprint density at radius 1 is 1.26 bits per heavy atom. The number of hydrogen-bond donors (Lipinski definition) is 3. The molecule has 3 rings (SSSR count). The monoisotopic (exact) mass is 429 g/mol. The first kappa shape index (κ1) is 22.6. The van der Waals surface area contributed by atoms with Gasteiger partial charge in [-0.3, -0.25) is 14.3 Å². The number of aliphatic hydroxyl groups is 1. The third-order valence-corrected chi connectivity index (χ3v) is 5.15. The lowest BCUT2D eigenvalue weighted by molar-refractivity contribution is 0.0938. The number of aromatic amines is 1. The predicted molar refractivity (Wildman–Crippen MR) is 121 cm³/mol. The smallest absolute Gasteiger partial charge is 0.329 e. The normalized spacial score (nSPS) is 12.3. The Morgan fingerprint density at radius 2 is 2.06 bits per heavy atom. The molecule has 0 bridgehead atoms. The van der Waals surface area contributed by atoms with Gasteiger partial charge in [-0.25, -0.2) is 4.79 Å². The second-order valence-electron chi connectivity index (χ2n) is 7.81. The summed E-state index contributed by atoms with van der Waals surface area (Å²) >= 11 is 0. The second-order valence-corrected chi connectivity index (χ2v) is 7.81. The summed E-state index contributed by atoms with van der Waals surface area (Å²) in [6, 6.07) is 7.58. The summed E-state index contributed by atoms with van der Waals surface area (Å²) in [5.41, 5.74) is 0.524. The average molecular weight is 430 g/mol. The highest BCUT2D eigenvalue weighted by atomic mass is 16.5. The van der Waals surface area contributed by atoms with E-state index in [9.17, 15) is 14.7 Å². The Kier molecular flexibility index (Phi) is 7.51. The maximum Gasteiger partial charge on any atom is 0.329 e. The number of hydrogen-bond acceptors (Lipinski definition) is 6. The number of nitrogens with zero attached hydrogens (tertiary/aromatic N) is 3. The Bertz CT molecular complexity index is 1130. The van der Waals surface area contributed by atoms with Gasteiger partial charge in [-0.05, 0) is 31.0 Å². The van der Waals surface area contributed by atoms with Crippen molar-refractivity contribution in [2.24, 2.45) is 7.05 Å². The Hall–Kier alpha value is -3.07. The molecule has 9 heteroatoms. The number of ether oxygens (including phenoxy) is 1. The van der Waals surface area contributed by atoms with Crippen LogP contribution in [0.1, 0.15) is 38.2 Å². The van der Waals surface area contributed by atoms with Gasteiger partial charge in [0.15, 0.2) is 11.2 Å². The summed E-state index contributed by atoms with van der Waals surface area (Å²) < 4.78 is 8.62. The first-order chi connectivity index (χ1) is 14.9. The number of H-pyrrole nitrogens is 1. The zero-order valence-corrected chi connectivity index (χ0v) is 18.4. The molecule has 0 spiro atoms. The van der Waals surface area contributed by atoms with Crippen molar-refractivity contribution in [3.63, 3.8) is 0 Å². The van der Waals surface area contributed by atoms with Gasteiger partial charge in [-0.1, -0.05) is 38.3 Å². The average Bonchev–Trinajstić information content (AvgIpc) is 3.09. The fraction of sp³-hybridized carbons (Fsp3) is 0.500. The van der Waals surface area contributed by atoms with Crippen LogP contribution in [-0.4, -0.2) is 43.5 Å². The molecule has 1 aromatic carbocycles. The van der Waals surface area contributed by atoms with Gasteiger partial charge in [0.25, 0.3) is 5.56 Å². The quantitative estimate of drug-likeness (QED) is 0.403. The lowest BCUT2D eigenvalue weighted by Gasteiger charge is -2.16. The number of nitrogens with one attached hydrogen (secondary N) is 2. The van der Waals surface area contributed by atoms with E-state index >= 15 is 0 Å². The highest BCUT2D eigenvalue weighted by molar-refractivity contribution is 5.74. The zero-order valence-electron chi connectivity index (χ0n) is 18.4. The fourth-order valence-electron chi connectivity index (χ4n) is 3.46. The number of benzene rings is 1. The van der Waals surface area contributed by atoms with Gasteiger partial charge < -0.3 is 19.7 Å². The third-order valence-electron chi connectivity index (χ3n) is 5.15. The largest absolute Gasteiger partial charge is 0.491 e. The summed E-state index contributed by atoms with van der Waals surface area (Å²) in [6.07, 6.45) is 3.47. The molecule has 2 aromatic heterocycles. The molecule has 0 saturated heterocycles. The highest BCUT2D eigenvalue weighted by Crippen LogP contribution is 2.17. The molecule has 1 atom stereocenters. The van der Waals surface area contributed by atoms with Crippen molar-refractivity contribution >= 4 is 17.1 Å². The van der Waals surface area contributed by atoms with E-state index in [4.69, 9.17) is 4.74 Å².